The van der Waals surface area contributed by atoms with Crippen LogP contribution in [0.1, 0.15) is 20.8 Å². The van der Waals surface area contributed by atoms with Crippen molar-refractivity contribution < 1.29 is 13.9 Å². The van der Waals surface area contributed by atoms with E-state index in [9.17, 15) is 9.18 Å². The molecule has 0 aromatic carbocycles. The highest BCUT2D eigenvalue weighted by molar-refractivity contribution is 9.10. The van der Waals surface area contributed by atoms with Crippen molar-refractivity contribution in [1.82, 2.24) is 4.98 Å². The lowest BCUT2D eigenvalue weighted by atomic mass is 10.2. The largest absolute Gasteiger partial charge is 0.444 e. The molecular weight excluding hydrogens is 279 g/mol. The van der Waals surface area contributed by atoms with E-state index in [4.69, 9.17) is 4.74 Å². The molecule has 1 amide bonds. The lowest BCUT2D eigenvalue weighted by Crippen LogP contribution is -2.27. The van der Waals surface area contributed by atoms with Gasteiger partial charge in [-0.3, -0.25) is 5.32 Å². The van der Waals surface area contributed by atoms with Crippen LogP contribution in [0.4, 0.5) is 15.0 Å². The second kappa shape index (κ2) is 4.78. The number of ether oxygens (including phenoxy) is 1. The van der Waals surface area contributed by atoms with Crippen LogP contribution in [-0.4, -0.2) is 16.7 Å². The van der Waals surface area contributed by atoms with Gasteiger partial charge in [0.25, 0.3) is 0 Å². The summed E-state index contributed by atoms with van der Waals surface area (Å²) in [6, 6.07) is 1.44. The third-order valence-corrected chi connectivity index (χ3v) is 2.07. The third-order valence-electron chi connectivity index (χ3n) is 1.46. The van der Waals surface area contributed by atoms with E-state index in [1.54, 1.807) is 20.8 Å². The van der Waals surface area contributed by atoms with Crippen molar-refractivity contribution >= 4 is 27.8 Å². The Morgan fingerprint density at radius 3 is 2.75 bits per heavy atom. The second-order valence-corrected chi connectivity index (χ2v) is 4.94. The predicted octanol–water partition coefficient (Wildman–Crippen LogP) is 3.33. The number of hydrogen-bond donors (Lipinski definition) is 1. The molecule has 0 radical (unpaired) electrons. The SMILES string of the molecule is CC(C)(C)OC(=O)Nc1nccc(Br)c1F. The molecule has 0 aliphatic rings. The summed E-state index contributed by atoms with van der Waals surface area (Å²) < 4.78 is 18.6. The van der Waals surface area contributed by atoms with Crippen LogP contribution in [-0.2, 0) is 4.74 Å². The van der Waals surface area contributed by atoms with Crippen LogP contribution in [0.15, 0.2) is 16.7 Å². The first-order valence-electron chi connectivity index (χ1n) is 4.59. The van der Waals surface area contributed by atoms with Crippen LogP contribution in [0, 0.1) is 5.82 Å². The van der Waals surface area contributed by atoms with Gasteiger partial charge >= 0.3 is 6.09 Å². The fourth-order valence-corrected chi connectivity index (χ4v) is 1.21. The van der Waals surface area contributed by atoms with Crippen molar-refractivity contribution in [3.05, 3.63) is 22.6 Å². The van der Waals surface area contributed by atoms with E-state index >= 15 is 0 Å². The molecule has 0 bridgehead atoms. The fraction of sp³-hybridized carbons (Fsp3) is 0.400. The molecule has 1 aromatic heterocycles. The number of carbonyl (C=O) groups excluding carboxylic acids is 1. The van der Waals surface area contributed by atoms with Crippen LogP contribution >= 0.6 is 15.9 Å². The van der Waals surface area contributed by atoms with Gasteiger partial charge in [-0.2, -0.15) is 0 Å². The molecule has 0 aliphatic carbocycles. The molecular formula is C10H12BrFN2O2. The zero-order valence-corrected chi connectivity index (χ0v) is 10.8. The summed E-state index contributed by atoms with van der Waals surface area (Å²) in [4.78, 5) is 15.0. The maximum Gasteiger partial charge on any atom is 0.413 e. The van der Waals surface area contributed by atoms with Crippen LogP contribution in [0.5, 0.6) is 0 Å². The van der Waals surface area contributed by atoms with Gasteiger partial charge in [0, 0.05) is 6.20 Å². The molecule has 1 aromatic rings. The zero-order chi connectivity index (χ0) is 12.3. The minimum atomic E-state index is -0.739. The van der Waals surface area contributed by atoms with E-state index in [0.717, 1.165) is 0 Å². The number of anilines is 1. The number of nitrogens with one attached hydrogen (secondary N) is 1. The Morgan fingerprint density at radius 1 is 1.56 bits per heavy atom. The van der Waals surface area contributed by atoms with E-state index < -0.39 is 17.5 Å². The standard InChI is InChI=1S/C10H12BrFN2O2/c1-10(2,3)16-9(15)14-8-7(12)6(11)4-5-13-8/h4-5H,1-3H3,(H,13,14,15). The Bertz CT molecular complexity index is 404. The Hall–Kier alpha value is -1.17. The number of pyridine rings is 1. The summed E-state index contributed by atoms with van der Waals surface area (Å²) in [6.07, 6.45) is 0.636. The third kappa shape index (κ3) is 3.77. The summed E-state index contributed by atoms with van der Waals surface area (Å²) >= 11 is 2.99. The second-order valence-electron chi connectivity index (χ2n) is 4.08. The van der Waals surface area contributed by atoms with Crippen molar-refractivity contribution in [1.29, 1.82) is 0 Å². The van der Waals surface area contributed by atoms with E-state index in [1.165, 1.54) is 12.3 Å². The highest BCUT2D eigenvalue weighted by Crippen LogP contribution is 2.20. The first kappa shape index (κ1) is 12.9. The number of nitrogens with zero attached hydrogens (tertiary/aromatic N) is 1. The quantitative estimate of drug-likeness (QED) is 0.863. The fourth-order valence-electron chi connectivity index (χ4n) is 0.908. The number of halogens is 2. The van der Waals surface area contributed by atoms with Gasteiger partial charge in [0.2, 0.25) is 0 Å². The molecule has 0 saturated carbocycles. The first-order valence-corrected chi connectivity index (χ1v) is 5.39. The smallest absolute Gasteiger partial charge is 0.413 e. The monoisotopic (exact) mass is 290 g/mol. The van der Waals surface area contributed by atoms with Crippen LogP contribution in [0.2, 0.25) is 0 Å². The number of rotatable bonds is 1. The topological polar surface area (TPSA) is 51.2 Å². The molecule has 0 unspecified atom stereocenters. The lowest BCUT2D eigenvalue weighted by molar-refractivity contribution is 0.0634. The van der Waals surface area contributed by atoms with E-state index in [-0.39, 0.29) is 10.3 Å². The molecule has 0 spiro atoms. The van der Waals surface area contributed by atoms with Crippen molar-refractivity contribution in [2.75, 3.05) is 5.32 Å². The molecule has 88 valence electrons. The zero-order valence-electron chi connectivity index (χ0n) is 9.17. The maximum absolute atomic E-state index is 13.4. The summed E-state index contributed by atoms with van der Waals surface area (Å²) in [5.74, 6) is -0.794. The van der Waals surface area contributed by atoms with Gasteiger partial charge in [0.1, 0.15) is 5.60 Å². The number of amides is 1. The molecule has 6 heteroatoms. The molecule has 16 heavy (non-hydrogen) atoms. The normalized spacial score (nSPS) is 11.1. The molecule has 0 saturated heterocycles. The Balaban J connectivity index is 2.74. The number of hydrogen-bond acceptors (Lipinski definition) is 3. The summed E-state index contributed by atoms with van der Waals surface area (Å²) in [5.41, 5.74) is -0.632. The highest BCUT2D eigenvalue weighted by Gasteiger charge is 2.18. The Labute approximate surface area is 101 Å². The molecule has 4 nitrogen and oxygen atoms in total. The summed E-state index contributed by atoms with van der Waals surface area (Å²) in [5, 5.41) is 2.23. The van der Waals surface area contributed by atoms with Crippen molar-refractivity contribution in [2.24, 2.45) is 0 Å². The number of aromatic nitrogens is 1. The highest BCUT2D eigenvalue weighted by atomic mass is 79.9. The van der Waals surface area contributed by atoms with Crippen LogP contribution < -0.4 is 5.32 Å². The minimum Gasteiger partial charge on any atom is -0.444 e. The van der Waals surface area contributed by atoms with E-state index in [2.05, 4.69) is 26.2 Å². The molecule has 1 rings (SSSR count). The lowest BCUT2D eigenvalue weighted by Gasteiger charge is -2.19. The van der Waals surface area contributed by atoms with Crippen molar-refractivity contribution in [2.45, 2.75) is 26.4 Å². The Morgan fingerprint density at radius 2 is 2.19 bits per heavy atom. The summed E-state index contributed by atoms with van der Waals surface area (Å²) in [6.45, 7) is 5.16. The average molecular weight is 291 g/mol. The van der Waals surface area contributed by atoms with Gasteiger partial charge in [-0.15, -0.1) is 0 Å². The van der Waals surface area contributed by atoms with Crippen molar-refractivity contribution in [3.8, 4) is 0 Å². The number of carbonyl (C=O) groups is 1. The van der Waals surface area contributed by atoms with Gasteiger partial charge in [0.15, 0.2) is 11.6 Å². The first-order chi connectivity index (χ1) is 7.29. The van der Waals surface area contributed by atoms with Gasteiger partial charge in [0.05, 0.1) is 4.47 Å². The van der Waals surface area contributed by atoms with Gasteiger partial charge < -0.3 is 4.74 Å². The molecule has 1 heterocycles. The van der Waals surface area contributed by atoms with Gasteiger partial charge in [-0.25, -0.2) is 14.2 Å². The molecule has 0 fully saturated rings. The van der Waals surface area contributed by atoms with Gasteiger partial charge in [-0.05, 0) is 42.8 Å². The Kier molecular flexibility index (Phi) is 3.85. The summed E-state index contributed by atoms with van der Waals surface area (Å²) in [7, 11) is 0. The molecule has 0 aliphatic heterocycles. The average Bonchev–Trinajstić information content (AvgIpc) is 2.09. The predicted molar refractivity (Wildman–Crippen MR) is 61.8 cm³/mol. The molecule has 0 atom stereocenters. The van der Waals surface area contributed by atoms with Gasteiger partial charge in [-0.1, -0.05) is 0 Å². The van der Waals surface area contributed by atoms with E-state index in [0.29, 0.717) is 0 Å². The van der Waals surface area contributed by atoms with Crippen molar-refractivity contribution in [3.63, 3.8) is 0 Å². The van der Waals surface area contributed by atoms with Crippen LogP contribution in [0.3, 0.4) is 0 Å². The maximum atomic E-state index is 13.4. The van der Waals surface area contributed by atoms with E-state index in [1.807, 2.05) is 0 Å². The minimum absolute atomic E-state index is 0.163. The van der Waals surface area contributed by atoms with Crippen LogP contribution in [0.25, 0.3) is 0 Å². The molecule has 1 N–H and O–H groups in total.